The van der Waals surface area contributed by atoms with E-state index in [9.17, 15) is 14.9 Å². The van der Waals surface area contributed by atoms with E-state index < -0.39 is 9.67 Å². The average molecular weight is 265 g/mol. The van der Waals surface area contributed by atoms with Crippen molar-refractivity contribution in [3.8, 4) is 0 Å². The molecule has 1 aliphatic heterocycles. The van der Waals surface area contributed by atoms with E-state index in [-0.39, 0.29) is 11.5 Å². The summed E-state index contributed by atoms with van der Waals surface area (Å²) in [6, 6.07) is 4.61. The molecule has 1 aromatic rings. The molecule has 1 aromatic carbocycles. The van der Waals surface area contributed by atoms with E-state index in [1.54, 1.807) is 24.8 Å². The quantitative estimate of drug-likeness (QED) is 0.477. The maximum Gasteiger partial charge on any atom is 0.270 e. The van der Waals surface area contributed by atoms with Crippen molar-refractivity contribution in [3.05, 3.63) is 39.4 Å². The Hall–Kier alpha value is -1.36. The molecule has 1 unspecified atom stereocenters. The summed E-state index contributed by atoms with van der Waals surface area (Å²) in [7, 11) is 0. The van der Waals surface area contributed by atoms with Crippen molar-refractivity contribution >= 4 is 23.2 Å². The molecule has 96 valence electrons. The van der Waals surface area contributed by atoms with Crippen LogP contribution in [0, 0.1) is 17.0 Å². The number of benzene rings is 1. The highest BCUT2D eigenvalue weighted by Crippen LogP contribution is 2.40. The first-order valence-corrected chi connectivity index (χ1v) is 6.86. The lowest BCUT2D eigenvalue weighted by atomic mass is 9.93. The van der Waals surface area contributed by atoms with Crippen LogP contribution in [-0.2, 0) is 0 Å². The number of hydrogen-bond acceptors (Lipinski definition) is 4. The zero-order valence-corrected chi connectivity index (χ0v) is 11.3. The molecule has 0 N–H and O–H groups in total. The van der Waals surface area contributed by atoms with Gasteiger partial charge in [0.2, 0.25) is 0 Å². The van der Waals surface area contributed by atoms with Crippen molar-refractivity contribution in [2.24, 2.45) is 0 Å². The minimum Gasteiger partial charge on any atom is -0.293 e. The van der Waals surface area contributed by atoms with Gasteiger partial charge in [0.25, 0.3) is 5.69 Å². The fourth-order valence-corrected chi connectivity index (χ4v) is 3.54. The standard InChI is InChI=1S/C13H15NO3S/c1-9-6-10(8-11(7-9)14(16)17)12(15)13(2)4-3-5-18-13/h6-8H,3-5H2,1-2H3. The van der Waals surface area contributed by atoms with Crippen LogP contribution in [0.1, 0.15) is 35.7 Å². The predicted octanol–water partition coefficient (Wildman–Crippen LogP) is 3.37. The van der Waals surface area contributed by atoms with Crippen LogP contribution in [0.5, 0.6) is 0 Å². The van der Waals surface area contributed by atoms with Crippen LogP contribution in [0.4, 0.5) is 5.69 Å². The Balaban J connectivity index is 2.38. The molecule has 0 amide bonds. The third kappa shape index (κ3) is 2.41. The number of hydrogen-bond donors (Lipinski definition) is 0. The molecule has 0 aromatic heterocycles. The van der Waals surface area contributed by atoms with E-state index in [1.807, 2.05) is 6.92 Å². The summed E-state index contributed by atoms with van der Waals surface area (Å²) < 4.78 is -0.415. The molecule has 2 rings (SSSR count). The first kappa shape index (κ1) is 13.1. The fourth-order valence-electron chi connectivity index (χ4n) is 2.26. The molecule has 1 atom stereocenters. The van der Waals surface area contributed by atoms with Gasteiger partial charge in [0.15, 0.2) is 5.78 Å². The average Bonchev–Trinajstić information content (AvgIpc) is 2.75. The zero-order valence-electron chi connectivity index (χ0n) is 10.4. The second kappa shape index (κ2) is 4.72. The van der Waals surface area contributed by atoms with E-state index in [0.29, 0.717) is 5.56 Å². The van der Waals surface area contributed by atoms with E-state index in [1.165, 1.54) is 12.1 Å². The van der Waals surface area contributed by atoms with Gasteiger partial charge in [-0.1, -0.05) is 0 Å². The number of ketones is 1. The number of carbonyl (C=O) groups is 1. The number of nitro benzene ring substituents is 1. The second-order valence-corrected chi connectivity index (χ2v) is 6.42. The molecule has 0 saturated carbocycles. The number of thioether (sulfide) groups is 1. The summed E-state index contributed by atoms with van der Waals surface area (Å²) in [5.41, 5.74) is 1.20. The summed E-state index contributed by atoms with van der Waals surface area (Å²) in [5, 5.41) is 10.8. The summed E-state index contributed by atoms with van der Waals surface area (Å²) >= 11 is 1.65. The van der Waals surface area contributed by atoms with Gasteiger partial charge in [-0.25, -0.2) is 0 Å². The lowest BCUT2D eigenvalue weighted by Crippen LogP contribution is -2.28. The molecule has 0 bridgehead atoms. The monoisotopic (exact) mass is 265 g/mol. The molecule has 1 saturated heterocycles. The number of carbonyl (C=O) groups excluding carboxylic acids is 1. The van der Waals surface area contributed by atoms with Gasteiger partial charge >= 0.3 is 0 Å². The third-order valence-corrected chi connectivity index (χ3v) is 4.75. The van der Waals surface area contributed by atoms with Crippen LogP contribution in [0.3, 0.4) is 0 Å². The third-order valence-electron chi connectivity index (χ3n) is 3.23. The zero-order chi connectivity index (χ0) is 13.3. The molecule has 1 heterocycles. The Morgan fingerprint density at radius 2 is 2.17 bits per heavy atom. The van der Waals surface area contributed by atoms with E-state index in [2.05, 4.69) is 0 Å². The van der Waals surface area contributed by atoms with E-state index >= 15 is 0 Å². The highest BCUT2D eigenvalue weighted by atomic mass is 32.2. The largest absolute Gasteiger partial charge is 0.293 e. The fraction of sp³-hybridized carbons (Fsp3) is 0.462. The van der Waals surface area contributed by atoms with Gasteiger partial charge in [-0.3, -0.25) is 14.9 Å². The van der Waals surface area contributed by atoms with Crippen molar-refractivity contribution in [2.45, 2.75) is 31.4 Å². The predicted molar refractivity (Wildman–Crippen MR) is 72.3 cm³/mol. The second-order valence-electron chi connectivity index (χ2n) is 4.83. The highest BCUT2D eigenvalue weighted by Gasteiger charge is 2.38. The minimum atomic E-state index is -0.450. The molecule has 0 radical (unpaired) electrons. The molecule has 1 fully saturated rings. The molecular weight excluding hydrogens is 250 g/mol. The highest BCUT2D eigenvalue weighted by molar-refractivity contribution is 8.01. The summed E-state index contributed by atoms with van der Waals surface area (Å²) in [4.78, 5) is 22.8. The Morgan fingerprint density at radius 3 is 2.72 bits per heavy atom. The first-order chi connectivity index (χ1) is 8.42. The lowest BCUT2D eigenvalue weighted by molar-refractivity contribution is -0.384. The molecular formula is C13H15NO3S. The lowest BCUT2D eigenvalue weighted by Gasteiger charge is -2.20. The number of nitro groups is 1. The summed E-state index contributed by atoms with van der Waals surface area (Å²) in [5.74, 6) is 0.993. The van der Waals surface area contributed by atoms with Gasteiger partial charge in [-0.2, -0.15) is 0 Å². The number of rotatable bonds is 3. The Kier molecular flexibility index (Phi) is 3.43. The maximum atomic E-state index is 12.5. The van der Waals surface area contributed by atoms with Gasteiger partial charge < -0.3 is 0 Å². The van der Waals surface area contributed by atoms with Gasteiger partial charge in [0, 0.05) is 17.7 Å². The van der Waals surface area contributed by atoms with Crippen molar-refractivity contribution in [2.75, 3.05) is 5.75 Å². The number of nitrogens with zero attached hydrogens (tertiary/aromatic N) is 1. The van der Waals surface area contributed by atoms with E-state index in [4.69, 9.17) is 0 Å². The van der Waals surface area contributed by atoms with Crippen LogP contribution in [-0.4, -0.2) is 21.2 Å². The first-order valence-electron chi connectivity index (χ1n) is 5.87. The van der Waals surface area contributed by atoms with Crippen LogP contribution in [0.2, 0.25) is 0 Å². The maximum absolute atomic E-state index is 12.5. The summed E-state index contributed by atoms with van der Waals surface area (Å²) in [6.07, 6.45) is 1.87. The van der Waals surface area contributed by atoms with Crippen LogP contribution in [0.15, 0.2) is 18.2 Å². The van der Waals surface area contributed by atoms with Crippen molar-refractivity contribution in [1.82, 2.24) is 0 Å². The topological polar surface area (TPSA) is 60.2 Å². The molecule has 0 aliphatic carbocycles. The SMILES string of the molecule is Cc1cc(C(=O)C2(C)CCCS2)cc([N+](=O)[O-])c1. The Labute approximate surface area is 110 Å². The van der Waals surface area contributed by atoms with E-state index in [0.717, 1.165) is 24.2 Å². The van der Waals surface area contributed by atoms with Crippen molar-refractivity contribution in [1.29, 1.82) is 0 Å². The Bertz CT molecular complexity index is 507. The smallest absolute Gasteiger partial charge is 0.270 e. The van der Waals surface area contributed by atoms with Crippen LogP contribution >= 0.6 is 11.8 Å². The molecule has 0 spiro atoms. The van der Waals surface area contributed by atoms with Gasteiger partial charge in [0.05, 0.1) is 9.67 Å². The normalized spacial score (nSPS) is 23.0. The molecule has 18 heavy (non-hydrogen) atoms. The van der Waals surface area contributed by atoms with Crippen LogP contribution < -0.4 is 0 Å². The number of Topliss-reactive ketones (excluding diaryl/α,β-unsaturated/α-hetero) is 1. The summed E-state index contributed by atoms with van der Waals surface area (Å²) in [6.45, 7) is 3.70. The minimum absolute atomic E-state index is 0.00931. The van der Waals surface area contributed by atoms with Gasteiger partial charge in [-0.05, 0) is 44.1 Å². The number of aryl methyl sites for hydroxylation is 1. The number of non-ortho nitro benzene ring substituents is 1. The molecule has 5 heteroatoms. The van der Waals surface area contributed by atoms with Gasteiger partial charge in [-0.15, -0.1) is 11.8 Å². The van der Waals surface area contributed by atoms with Crippen molar-refractivity contribution in [3.63, 3.8) is 0 Å². The molecule has 4 nitrogen and oxygen atoms in total. The molecule has 1 aliphatic rings. The van der Waals surface area contributed by atoms with Crippen LogP contribution in [0.25, 0.3) is 0 Å². The van der Waals surface area contributed by atoms with Crippen molar-refractivity contribution < 1.29 is 9.72 Å². The Morgan fingerprint density at radius 1 is 1.44 bits per heavy atom. The van der Waals surface area contributed by atoms with Gasteiger partial charge in [0.1, 0.15) is 0 Å².